The molecule has 0 saturated heterocycles. The molecule has 0 bridgehead atoms. The van der Waals surface area contributed by atoms with Crippen molar-refractivity contribution in [2.45, 2.75) is 12.3 Å². The number of ether oxygens (including phenoxy) is 2. The van der Waals surface area contributed by atoms with E-state index in [4.69, 9.17) is 9.47 Å². The largest absolute Gasteiger partial charge is 0.504 e. The number of carbonyl (C=O) groups is 1. The molecule has 1 aliphatic rings. The van der Waals surface area contributed by atoms with Gasteiger partial charge >= 0.3 is 5.97 Å². The minimum absolute atomic E-state index is 0.193. The van der Waals surface area contributed by atoms with Crippen LogP contribution in [-0.2, 0) is 14.3 Å². The van der Waals surface area contributed by atoms with Crippen molar-refractivity contribution in [1.82, 2.24) is 0 Å². The van der Waals surface area contributed by atoms with Gasteiger partial charge in [0.2, 0.25) is 0 Å². The van der Waals surface area contributed by atoms with Crippen molar-refractivity contribution in [3.05, 3.63) is 59.9 Å². The first kappa shape index (κ1) is 13.7. The van der Waals surface area contributed by atoms with Crippen molar-refractivity contribution in [1.29, 1.82) is 0 Å². The van der Waals surface area contributed by atoms with Crippen LogP contribution in [0.1, 0.15) is 17.9 Å². The van der Waals surface area contributed by atoms with E-state index in [9.17, 15) is 4.79 Å². The summed E-state index contributed by atoms with van der Waals surface area (Å²) in [6, 6.07) is 14.8. The van der Waals surface area contributed by atoms with Crippen LogP contribution in [-0.4, -0.2) is 20.2 Å². The fraction of sp³-hybridized carbons (Fsp3) is 0.278. The molecule has 1 saturated carbocycles. The van der Waals surface area contributed by atoms with E-state index in [1.54, 1.807) is 7.11 Å². The lowest BCUT2D eigenvalue weighted by atomic mass is 10.0. The SMILES string of the molecule is CO/C=C(/C(=O)OC)[C@@H]1C[C@@H]1c1ccc2ccccc2c1. The minimum Gasteiger partial charge on any atom is -0.504 e. The Morgan fingerprint density at radius 2 is 1.90 bits per heavy atom. The first-order valence-corrected chi connectivity index (χ1v) is 7.04. The molecule has 21 heavy (non-hydrogen) atoms. The van der Waals surface area contributed by atoms with Crippen molar-refractivity contribution >= 4 is 16.7 Å². The summed E-state index contributed by atoms with van der Waals surface area (Å²) in [5.41, 5.74) is 1.89. The Morgan fingerprint density at radius 1 is 1.14 bits per heavy atom. The van der Waals surface area contributed by atoms with E-state index in [1.807, 2.05) is 12.1 Å². The molecule has 0 aromatic heterocycles. The van der Waals surface area contributed by atoms with Gasteiger partial charge in [0.05, 0.1) is 26.1 Å². The van der Waals surface area contributed by atoms with Gasteiger partial charge in [-0.1, -0.05) is 42.5 Å². The molecule has 2 atom stereocenters. The maximum absolute atomic E-state index is 11.8. The molecule has 0 unspecified atom stereocenters. The van der Waals surface area contributed by atoms with Crippen LogP contribution in [0.25, 0.3) is 10.8 Å². The average Bonchev–Trinajstić information content (AvgIpc) is 3.31. The van der Waals surface area contributed by atoms with Crippen LogP contribution in [0.5, 0.6) is 0 Å². The van der Waals surface area contributed by atoms with Gasteiger partial charge in [0, 0.05) is 5.92 Å². The number of rotatable bonds is 4. The van der Waals surface area contributed by atoms with Crippen molar-refractivity contribution < 1.29 is 14.3 Å². The number of methoxy groups -OCH3 is 2. The molecule has 0 spiro atoms. The summed E-state index contributed by atoms with van der Waals surface area (Å²) in [4.78, 5) is 11.8. The van der Waals surface area contributed by atoms with Gasteiger partial charge in [-0.3, -0.25) is 0 Å². The topological polar surface area (TPSA) is 35.5 Å². The van der Waals surface area contributed by atoms with Gasteiger partial charge in [-0.05, 0) is 28.7 Å². The number of hydrogen-bond donors (Lipinski definition) is 0. The zero-order chi connectivity index (χ0) is 14.8. The Morgan fingerprint density at radius 3 is 2.62 bits per heavy atom. The molecular weight excluding hydrogens is 264 g/mol. The van der Waals surface area contributed by atoms with E-state index in [0.717, 1.165) is 6.42 Å². The molecule has 3 rings (SSSR count). The van der Waals surface area contributed by atoms with Gasteiger partial charge in [-0.25, -0.2) is 4.79 Å². The molecule has 3 heteroatoms. The summed E-state index contributed by atoms with van der Waals surface area (Å²) in [6.07, 6.45) is 2.47. The van der Waals surface area contributed by atoms with Crippen LogP contribution in [0.2, 0.25) is 0 Å². The van der Waals surface area contributed by atoms with E-state index < -0.39 is 0 Å². The molecule has 0 amide bonds. The van der Waals surface area contributed by atoms with Crippen LogP contribution in [0.4, 0.5) is 0 Å². The molecule has 1 aliphatic carbocycles. The fourth-order valence-corrected chi connectivity index (χ4v) is 2.88. The standard InChI is InChI=1S/C18H18O3/c1-20-11-17(18(19)21-2)16-10-15(16)14-8-7-12-5-3-4-6-13(12)9-14/h3-9,11,15-16H,10H2,1-2H3/b17-11+/t15-,16-/m1/s1. The molecule has 0 N–H and O–H groups in total. The van der Waals surface area contributed by atoms with Gasteiger partial charge < -0.3 is 9.47 Å². The second kappa shape index (κ2) is 5.60. The summed E-state index contributed by atoms with van der Waals surface area (Å²) >= 11 is 0. The second-order valence-corrected chi connectivity index (χ2v) is 5.36. The molecular formula is C18H18O3. The summed E-state index contributed by atoms with van der Waals surface area (Å²) in [6.45, 7) is 0. The summed E-state index contributed by atoms with van der Waals surface area (Å²) in [7, 11) is 2.95. The lowest BCUT2D eigenvalue weighted by Gasteiger charge is -2.06. The van der Waals surface area contributed by atoms with Crippen LogP contribution < -0.4 is 0 Å². The number of carbonyl (C=O) groups excluding carboxylic acids is 1. The van der Waals surface area contributed by atoms with Crippen LogP contribution in [0.15, 0.2) is 54.3 Å². The summed E-state index contributed by atoms with van der Waals surface area (Å²) in [5.74, 6) is 0.263. The lowest BCUT2D eigenvalue weighted by molar-refractivity contribution is -0.136. The minimum atomic E-state index is -0.301. The normalized spacial score (nSPS) is 21.1. The highest BCUT2D eigenvalue weighted by molar-refractivity contribution is 5.90. The van der Waals surface area contributed by atoms with E-state index >= 15 is 0 Å². The van der Waals surface area contributed by atoms with Gasteiger partial charge in [-0.15, -0.1) is 0 Å². The van der Waals surface area contributed by atoms with E-state index in [2.05, 4.69) is 30.3 Å². The second-order valence-electron chi connectivity index (χ2n) is 5.36. The maximum atomic E-state index is 11.8. The Kier molecular flexibility index (Phi) is 3.65. The third-order valence-corrected chi connectivity index (χ3v) is 4.06. The predicted molar refractivity (Wildman–Crippen MR) is 81.9 cm³/mol. The Bertz CT molecular complexity index is 702. The molecule has 2 aromatic rings. The number of hydrogen-bond acceptors (Lipinski definition) is 3. The van der Waals surface area contributed by atoms with Crippen molar-refractivity contribution in [2.75, 3.05) is 14.2 Å². The molecule has 0 aliphatic heterocycles. The Balaban J connectivity index is 1.85. The third kappa shape index (κ3) is 2.64. The number of esters is 1. The average molecular weight is 282 g/mol. The Labute approximate surface area is 124 Å². The van der Waals surface area contributed by atoms with E-state index in [1.165, 1.54) is 29.7 Å². The highest BCUT2D eigenvalue weighted by Crippen LogP contribution is 2.52. The highest BCUT2D eigenvalue weighted by Gasteiger charge is 2.44. The van der Waals surface area contributed by atoms with Gasteiger partial charge in [0.25, 0.3) is 0 Å². The Hall–Kier alpha value is -2.29. The van der Waals surface area contributed by atoms with Gasteiger partial charge in [0.1, 0.15) is 0 Å². The first-order valence-electron chi connectivity index (χ1n) is 7.04. The molecule has 108 valence electrons. The van der Waals surface area contributed by atoms with Crippen LogP contribution in [0.3, 0.4) is 0 Å². The van der Waals surface area contributed by atoms with Crippen molar-refractivity contribution in [2.24, 2.45) is 5.92 Å². The number of fused-ring (bicyclic) bond motifs is 1. The fourth-order valence-electron chi connectivity index (χ4n) is 2.88. The highest BCUT2D eigenvalue weighted by atomic mass is 16.5. The monoisotopic (exact) mass is 282 g/mol. The van der Waals surface area contributed by atoms with E-state index in [-0.39, 0.29) is 11.9 Å². The van der Waals surface area contributed by atoms with Crippen LogP contribution >= 0.6 is 0 Å². The molecule has 2 aromatic carbocycles. The quantitative estimate of drug-likeness (QED) is 0.488. The maximum Gasteiger partial charge on any atom is 0.337 e. The molecule has 0 radical (unpaired) electrons. The van der Waals surface area contributed by atoms with E-state index in [0.29, 0.717) is 11.5 Å². The summed E-state index contributed by atoms with van der Waals surface area (Å²) < 4.78 is 9.85. The first-order chi connectivity index (χ1) is 10.2. The zero-order valence-electron chi connectivity index (χ0n) is 12.2. The smallest absolute Gasteiger partial charge is 0.337 e. The number of benzene rings is 2. The van der Waals surface area contributed by atoms with Crippen molar-refractivity contribution in [3.63, 3.8) is 0 Å². The predicted octanol–water partition coefficient (Wildman–Crippen LogP) is 3.65. The molecule has 3 nitrogen and oxygen atoms in total. The van der Waals surface area contributed by atoms with Gasteiger partial charge in [-0.2, -0.15) is 0 Å². The third-order valence-electron chi connectivity index (χ3n) is 4.06. The molecule has 1 fully saturated rings. The zero-order valence-corrected chi connectivity index (χ0v) is 12.2. The lowest BCUT2D eigenvalue weighted by Crippen LogP contribution is -2.08. The van der Waals surface area contributed by atoms with Crippen molar-refractivity contribution in [3.8, 4) is 0 Å². The van der Waals surface area contributed by atoms with Gasteiger partial charge in [0.15, 0.2) is 0 Å². The molecule has 0 heterocycles. The summed E-state index contributed by atoms with van der Waals surface area (Å²) in [5, 5.41) is 2.47. The van der Waals surface area contributed by atoms with Crippen LogP contribution in [0, 0.1) is 5.92 Å².